The molecule has 0 saturated heterocycles. The first-order valence-corrected chi connectivity index (χ1v) is 9.75. The van der Waals surface area contributed by atoms with E-state index in [1.807, 2.05) is 67.6 Å². The molecular formula is C25H25NO3. The van der Waals surface area contributed by atoms with E-state index in [2.05, 4.69) is 5.32 Å². The van der Waals surface area contributed by atoms with Crippen LogP contribution >= 0.6 is 0 Å². The largest absolute Gasteiger partial charge is 0.489 e. The summed E-state index contributed by atoms with van der Waals surface area (Å²) >= 11 is 0. The molecule has 1 atom stereocenters. The smallest absolute Gasteiger partial charge is 0.227 e. The number of ether oxygens (including phenoxy) is 1. The standard InChI is InChI=1S/C25H25NO3/c1-19(25(28)26-15-14-20-8-4-2-5-9-20)24-13-12-23(16-22(24)17-27)29-18-21-10-6-3-7-11-21/h2-13,16-17,19H,14-15,18H2,1H3,(H,26,28). The molecule has 148 valence electrons. The number of carbonyl (C=O) groups excluding carboxylic acids is 2. The fourth-order valence-electron chi connectivity index (χ4n) is 3.15. The number of rotatable bonds is 9. The Bertz CT molecular complexity index is 939. The molecule has 0 aliphatic rings. The van der Waals surface area contributed by atoms with Gasteiger partial charge in [-0.2, -0.15) is 0 Å². The molecule has 1 amide bonds. The zero-order valence-electron chi connectivity index (χ0n) is 16.5. The monoisotopic (exact) mass is 387 g/mol. The van der Waals surface area contributed by atoms with Gasteiger partial charge in [-0.15, -0.1) is 0 Å². The summed E-state index contributed by atoms with van der Waals surface area (Å²) in [6.07, 6.45) is 1.55. The maximum absolute atomic E-state index is 12.5. The van der Waals surface area contributed by atoms with Crippen LogP contribution in [0.25, 0.3) is 0 Å². The van der Waals surface area contributed by atoms with Gasteiger partial charge in [0.1, 0.15) is 18.6 Å². The molecule has 3 rings (SSSR count). The Balaban J connectivity index is 1.59. The van der Waals surface area contributed by atoms with Crippen molar-refractivity contribution >= 4 is 12.2 Å². The Morgan fingerprint density at radius 2 is 1.62 bits per heavy atom. The molecule has 0 spiro atoms. The van der Waals surface area contributed by atoms with E-state index >= 15 is 0 Å². The molecule has 0 aliphatic heterocycles. The molecule has 1 unspecified atom stereocenters. The second kappa shape index (κ2) is 10.2. The van der Waals surface area contributed by atoms with Gasteiger partial charge in [-0.05, 0) is 42.2 Å². The Labute approximate surface area is 171 Å². The van der Waals surface area contributed by atoms with Gasteiger partial charge in [0.25, 0.3) is 0 Å². The zero-order valence-corrected chi connectivity index (χ0v) is 16.5. The van der Waals surface area contributed by atoms with E-state index < -0.39 is 5.92 Å². The quantitative estimate of drug-likeness (QED) is 0.549. The Morgan fingerprint density at radius 3 is 2.28 bits per heavy atom. The fraction of sp³-hybridized carbons (Fsp3) is 0.200. The van der Waals surface area contributed by atoms with Gasteiger partial charge in [-0.25, -0.2) is 0 Å². The van der Waals surface area contributed by atoms with Crippen molar-refractivity contribution in [3.8, 4) is 5.75 Å². The normalized spacial score (nSPS) is 11.5. The number of amides is 1. The zero-order chi connectivity index (χ0) is 20.5. The lowest BCUT2D eigenvalue weighted by Gasteiger charge is -2.16. The number of nitrogens with one attached hydrogen (secondary N) is 1. The Kier molecular flexibility index (Phi) is 7.17. The number of carbonyl (C=O) groups is 2. The summed E-state index contributed by atoms with van der Waals surface area (Å²) in [6.45, 7) is 2.79. The van der Waals surface area contributed by atoms with Crippen LogP contribution in [0, 0.1) is 0 Å². The van der Waals surface area contributed by atoms with E-state index in [4.69, 9.17) is 4.74 Å². The molecule has 29 heavy (non-hydrogen) atoms. The molecule has 4 heteroatoms. The predicted octanol–water partition coefficient (Wildman–Crippen LogP) is 4.54. The molecular weight excluding hydrogens is 362 g/mol. The number of aldehydes is 1. The van der Waals surface area contributed by atoms with E-state index in [-0.39, 0.29) is 5.91 Å². The molecule has 0 radical (unpaired) electrons. The Hall–Kier alpha value is -3.40. The lowest BCUT2D eigenvalue weighted by molar-refractivity contribution is -0.122. The van der Waals surface area contributed by atoms with Gasteiger partial charge < -0.3 is 10.1 Å². The first-order chi connectivity index (χ1) is 14.2. The highest BCUT2D eigenvalue weighted by Crippen LogP contribution is 2.24. The summed E-state index contributed by atoms with van der Waals surface area (Å²) in [4.78, 5) is 24.1. The number of benzene rings is 3. The van der Waals surface area contributed by atoms with Crippen molar-refractivity contribution in [1.29, 1.82) is 0 Å². The van der Waals surface area contributed by atoms with E-state index in [0.717, 1.165) is 18.3 Å². The molecule has 3 aromatic rings. The van der Waals surface area contributed by atoms with Crippen LogP contribution in [-0.4, -0.2) is 18.7 Å². The average Bonchev–Trinajstić information content (AvgIpc) is 2.78. The molecule has 3 aromatic carbocycles. The van der Waals surface area contributed by atoms with E-state index in [1.165, 1.54) is 5.56 Å². The predicted molar refractivity (Wildman–Crippen MR) is 114 cm³/mol. The minimum absolute atomic E-state index is 0.0954. The second-order valence-electron chi connectivity index (χ2n) is 6.93. The third-order valence-corrected chi connectivity index (χ3v) is 4.85. The summed E-state index contributed by atoms with van der Waals surface area (Å²) in [6, 6.07) is 25.1. The lowest BCUT2D eigenvalue weighted by atomic mass is 9.95. The third-order valence-electron chi connectivity index (χ3n) is 4.85. The molecule has 0 aliphatic carbocycles. The maximum Gasteiger partial charge on any atom is 0.227 e. The van der Waals surface area contributed by atoms with Crippen LogP contribution in [0.3, 0.4) is 0 Å². The number of hydrogen-bond donors (Lipinski definition) is 1. The van der Waals surface area contributed by atoms with Gasteiger partial charge in [-0.3, -0.25) is 9.59 Å². The molecule has 0 aromatic heterocycles. The van der Waals surface area contributed by atoms with Crippen molar-refractivity contribution in [2.24, 2.45) is 0 Å². The molecule has 4 nitrogen and oxygen atoms in total. The molecule has 0 heterocycles. The van der Waals surface area contributed by atoms with Crippen molar-refractivity contribution in [3.05, 3.63) is 101 Å². The van der Waals surface area contributed by atoms with Crippen molar-refractivity contribution < 1.29 is 14.3 Å². The minimum atomic E-state index is -0.422. The number of hydrogen-bond acceptors (Lipinski definition) is 3. The van der Waals surface area contributed by atoms with Crippen molar-refractivity contribution in [1.82, 2.24) is 5.32 Å². The Morgan fingerprint density at radius 1 is 0.966 bits per heavy atom. The maximum atomic E-state index is 12.5. The highest BCUT2D eigenvalue weighted by atomic mass is 16.5. The topological polar surface area (TPSA) is 55.4 Å². The van der Waals surface area contributed by atoms with E-state index in [0.29, 0.717) is 30.0 Å². The van der Waals surface area contributed by atoms with Gasteiger partial charge in [0.2, 0.25) is 5.91 Å². The van der Waals surface area contributed by atoms with Crippen LogP contribution in [0.2, 0.25) is 0 Å². The van der Waals surface area contributed by atoms with Crippen LogP contribution in [-0.2, 0) is 17.8 Å². The van der Waals surface area contributed by atoms with Gasteiger partial charge in [0.05, 0.1) is 5.92 Å². The van der Waals surface area contributed by atoms with E-state index in [1.54, 1.807) is 18.2 Å². The van der Waals surface area contributed by atoms with Crippen LogP contribution in [0.15, 0.2) is 78.9 Å². The summed E-state index contributed by atoms with van der Waals surface area (Å²) in [5.41, 5.74) is 3.40. The SMILES string of the molecule is CC(C(=O)NCCc1ccccc1)c1ccc(OCc2ccccc2)cc1C=O. The molecule has 1 N–H and O–H groups in total. The molecule has 0 fully saturated rings. The van der Waals surface area contributed by atoms with Crippen LogP contribution < -0.4 is 10.1 Å². The van der Waals surface area contributed by atoms with Crippen LogP contribution in [0.4, 0.5) is 0 Å². The summed E-state index contributed by atoms with van der Waals surface area (Å²) in [5.74, 6) is 0.0903. The fourth-order valence-corrected chi connectivity index (χ4v) is 3.15. The molecule has 0 bridgehead atoms. The second-order valence-corrected chi connectivity index (χ2v) is 6.93. The van der Waals surface area contributed by atoms with E-state index in [9.17, 15) is 9.59 Å². The average molecular weight is 387 g/mol. The highest BCUT2D eigenvalue weighted by molar-refractivity contribution is 5.88. The van der Waals surface area contributed by atoms with Crippen molar-refractivity contribution in [2.75, 3.05) is 6.54 Å². The van der Waals surface area contributed by atoms with Crippen LogP contribution in [0.5, 0.6) is 5.75 Å². The van der Waals surface area contributed by atoms with Crippen LogP contribution in [0.1, 0.15) is 39.9 Å². The van der Waals surface area contributed by atoms with Crippen molar-refractivity contribution in [3.63, 3.8) is 0 Å². The van der Waals surface area contributed by atoms with Gasteiger partial charge in [0, 0.05) is 12.1 Å². The van der Waals surface area contributed by atoms with Crippen molar-refractivity contribution in [2.45, 2.75) is 25.9 Å². The van der Waals surface area contributed by atoms with Gasteiger partial charge in [0.15, 0.2) is 0 Å². The summed E-state index contributed by atoms with van der Waals surface area (Å²) < 4.78 is 5.78. The minimum Gasteiger partial charge on any atom is -0.489 e. The third kappa shape index (κ3) is 5.79. The first-order valence-electron chi connectivity index (χ1n) is 9.75. The first kappa shape index (κ1) is 20.3. The highest BCUT2D eigenvalue weighted by Gasteiger charge is 2.18. The lowest BCUT2D eigenvalue weighted by Crippen LogP contribution is -2.30. The molecule has 0 saturated carbocycles. The van der Waals surface area contributed by atoms with Gasteiger partial charge in [-0.1, -0.05) is 66.7 Å². The summed E-state index contributed by atoms with van der Waals surface area (Å²) in [7, 11) is 0. The van der Waals surface area contributed by atoms with Gasteiger partial charge >= 0.3 is 0 Å². The summed E-state index contributed by atoms with van der Waals surface area (Å²) in [5, 5.41) is 2.96.